The molecule has 2 unspecified atom stereocenters. The highest BCUT2D eigenvalue weighted by Crippen LogP contribution is 2.25. The second-order valence-electron chi connectivity index (χ2n) is 6.64. The Morgan fingerprint density at radius 2 is 2.15 bits per heavy atom. The van der Waals surface area contributed by atoms with Gasteiger partial charge in [0.2, 0.25) is 0 Å². The zero-order chi connectivity index (χ0) is 18.7. The molecule has 1 fully saturated rings. The first-order valence-electron chi connectivity index (χ1n) is 8.58. The van der Waals surface area contributed by atoms with E-state index in [1.54, 1.807) is 41.8 Å². The van der Waals surface area contributed by atoms with Crippen LogP contribution < -0.4 is 10.5 Å². The maximum absolute atomic E-state index is 12.9. The molecule has 0 radical (unpaired) electrons. The van der Waals surface area contributed by atoms with Gasteiger partial charge in [-0.3, -0.25) is 9.52 Å². The summed E-state index contributed by atoms with van der Waals surface area (Å²) in [6, 6.07) is 9.87. The van der Waals surface area contributed by atoms with Crippen LogP contribution in [0.15, 0.2) is 46.0 Å². The minimum absolute atomic E-state index is 0.0257. The van der Waals surface area contributed by atoms with Gasteiger partial charge in [0.25, 0.3) is 15.9 Å². The molecular weight excluding hydrogens is 370 g/mol. The Labute approximate surface area is 158 Å². The molecule has 6 nitrogen and oxygen atoms in total. The molecule has 1 aromatic heterocycles. The third kappa shape index (κ3) is 4.08. The molecule has 1 saturated heterocycles. The largest absolute Gasteiger partial charge is 0.334 e. The minimum Gasteiger partial charge on any atom is -0.334 e. The van der Waals surface area contributed by atoms with Gasteiger partial charge >= 0.3 is 0 Å². The molecule has 8 heteroatoms. The molecule has 1 aromatic carbocycles. The van der Waals surface area contributed by atoms with Gasteiger partial charge in [-0.15, -0.1) is 11.3 Å². The second kappa shape index (κ2) is 7.77. The number of rotatable bonds is 5. The summed E-state index contributed by atoms with van der Waals surface area (Å²) < 4.78 is 27.5. The zero-order valence-electron chi connectivity index (χ0n) is 14.6. The third-order valence-electron chi connectivity index (χ3n) is 4.63. The maximum Gasteiger partial charge on any atom is 0.271 e. The molecule has 0 spiro atoms. The van der Waals surface area contributed by atoms with Gasteiger partial charge < -0.3 is 10.6 Å². The number of carbonyl (C=O) groups is 1. The fourth-order valence-corrected chi connectivity index (χ4v) is 5.29. The monoisotopic (exact) mass is 393 g/mol. The Kier molecular flexibility index (Phi) is 5.64. The van der Waals surface area contributed by atoms with Gasteiger partial charge in [-0.1, -0.05) is 19.1 Å². The Morgan fingerprint density at radius 1 is 1.35 bits per heavy atom. The summed E-state index contributed by atoms with van der Waals surface area (Å²) in [6.45, 7) is 3.28. The van der Waals surface area contributed by atoms with E-state index in [1.165, 1.54) is 0 Å². The summed E-state index contributed by atoms with van der Waals surface area (Å²) in [6.07, 6.45) is 1.85. The van der Waals surface area contributed by atoms with E-state index in [1.807, 2.05) is 4.90 Å². The number of nitrogens with one attached hydrogen (secondary N) is 1. The van der Waals surface area contributed by atoms with E-state index < -0.39 is 10.0 Å². The van der Waals surface area contributed by atoms with Crippen molar-refractivity contribution >= 4 is 33.0 Å². The number of likely N-dealkylation sites (tertiary alicyclic amines) is 1. The lowest BCUT2D eigenvalue weighted by Crippen LogP contribution is -2.49. The first kappa shape index (κ1) is 18.9. The Hall–Kier alpha value is -1.90. The highest BCUT2D eigenvalue weighted by molar-refractivity contribution is 7.94. The van der Waals surface area contributed by atoms with Crippen LogP contribution in [0.1, 0.15) is 30.1 Å². The number of benzene rings is 1. The zero-order valence-corrected chi connectivity index (χ0v) is 16.2. The smallest absolute Gasteiger partial charge is 0.271 e. The average molecular weight is 394 g/mol. The van der Waals surface area contributed by atoms with E-state index in [-0.39, 0.29) is 16.2 Å². The van der Waals surface area contributed by atoms with Crippen LogP contribution in [0.25, 0.3) is 0 Å². The minimum atomic E-state index is -3.64. The number of nitrogens with zero attached hydrogens (tertiary/aromatic N) is 1. The summed E-state index contributed by atoms with van der Waals surface area (Å²) in [7, 11) is -3.64. The highest BCUT2D eigenvalue weighted by Gasteiger charge is 2.29. The number of hydrogen-bond acceptors (Lipinski definition) is 5. The molecule has 1 aliphatic rings. The van der Waals surface area contributed by atoms with E-state index in [2.05, 4.69) is 11.6 Å². The summed E-state index contributed by atoms with van der Waals surface area (Å²) in [5.74, 6) is 0.445. The van der Waals surface area contributed by atoms with E-state index >= 15 is 0 Å². The number of nitrogens with two attached hydrogens (primary N) is 1. The number of piperidine rings is 1. The second-order valence-corrected chi connectivity index (χ2v) is 9.49. The average Bonchev–Trinajstić information content (AvgIpc) is 3.16. The maximum atomic E-state index is 12.9. The molecule has 26 heavy (non-hydrogen) atoms. The molecule has 0 aliphatic carbocycles. The first-order chi connectivity index (χ1) is 12.4. The summed E-state index contributed by atoms with van der Waals surface area (Å²) in [5, 5.41) is 1.71. The van der Waals surface area contributed by atoms with Crippen molar-refractivity contribution in [3.8, 4) is 0 Å². The van der Waals surface area contributed by atoms with Gasteiger partial charge in [0, 0.05) is 30.4 Å². The molecule has 3 N–H and O–H groups in total. The summed E-state index contributed by atoms with van der Waals surface area (Å²) >= 11 is 1.15. The van der Waals surface area contributed by atoms with Crippen molar-refractivity contribution in [2.24, 2.45) is 11.7 Å². The van der Waals surface area contributed by atoms with E-state index in [0.717, 1.165) is 24.2 Å². The predicted molar refractivity (Wildman–Crippen MR) is 104 cm³/mol. The van der Waals surface area contributed by atoms with Crippen LogP contribution in [0.5, 0.6) is 0 Å². The lowest BCUT2D eigenvalue weighted by atomic mass is 9.92. The Balaban J connectivity index is 1.80. The quantitative estimate of drug-likeness (QED) is 0.817. The topological polar surface area (TPSA) is 92.5 Å². The van der Waals surface area contributed by atoms with Crippen LogP contribution in [-0.2, 0) is 10.0 Å². The number of anilines is 1. The van der Waals surface area contributed by atoms with E-state index in [4.69, 9.17) is 5.73 Å². The van der Waals surface area contributed by atoms with Crippen molar-refractivity contribution in [3.05, 3.63) is 47.3 Å². The van der Waals surface area contributed by atoms with Crippen molar-refractivity contribution in [3.63, 3.8) is 0 Å². The van der Waals surface area contributed by atoms with Crippen molar-refractivity contribution in [1.29, 1.82) is 0 Å². The standard InChI is InChI=1S/C18H23N3O3S2/c1-13-7-8-21(16(10-13)12-19)18(22)14-4-2-5-15(11-14)20-26(23,24)17-6-3-9-25-17/h2-6,9,11,13,16,20H,7-8,10,12,19H2,1H3. The lowest BCUT2D eigenvalue weighted by molar-refractivity contribution is 0.0573. The highest BCUT2D eigenvalue weighted by atomic mass is 32.2. The van der Waals surface area contributed by atoms with E-state index in [9.17, 15) is 13.2 Å². The van der Waals surface area contributed by atoms with Crippen molar-refractivity contribution in [1.82, 2.24) is 4.90 Å². The fraction of sp³-hybridized carbons (Fsp3) is 0.389. The fourth-order valence-electron chi connectivity index (χ4n) is 3.25. The summed E-state index contributed by atoms with van der Waals surface area (Å²) in [4.78, 5) is 14.7. The molecule has 2 atom stereocenters. The molecule has 140 valence electrons. The van der Waals surface area contributed by atoms with Crippen LogP contribution in [0.4, 0.5) is 5.69 Å². The third-order valence-corrected chi connectivity index (χ3v) is 7.41. The first-order valence-corrected chi connectivity index (χ1v) is 10.9. The van der Waals surface area contributed by atoms with Crippen LogP contribution in [0.3, 0.4) is 0 Å². The lowest BCUT2D eigenvalue weighted by Gasteiger charge is -2.38. The van der Waals surface area contributed by atoms with Gasteiger partial charge in [-0.25, -0.2) is 8.42 Å². The molecule has 0 bridgehead atoms. The normalized spacial score (nSPS) is 20.8. The van der Waals surface area contributed by atoms with Gasteiger partial charge in [0.1, 0.15) is 4.21 Å². The van der Waals surface area contributed by atoms with E-state index in [0.29, 0.717) is 30.3 Å². The Bertz CT molecular complexity index is 866. The SMILES string of the molecule is CC1CCN(C(=O)c2cccc(NS(=O)(=O)c3cccs3)c2)C(CN)C1. The van der Waals surface area contributed by atoms with Gasteiger partial charge in [-0.2, -0.15) is 0 Å². The van der Waals surface area contributed by atoms with Crippen molar-refractivity contribution in [2.45, 2.75) is 30.0 Å². The van der Waals surface area contributed by atoms with Crippen molar-refractivity contribution in [2.75, 3.05) is 17.8 Å². The molecule has 3 rings (SSSR count). The molecule has 0 saturated carbocycles. The van der Waals surface area contributed by atoms with Crippen molar-refractivity contribution < 1.29 is 13.2 Å². The predicted octanol–water partition coefficient (Wildman–Crippen LogP) is 2.75. The number of sulfonamides is 1. The molecule has 1 aliphatic heterocycles. The van der Waals surface area contributed by atoms with Gasteiger partial charge in [-0.05, 0) is 48.4 Å². The van der Waals surface area contributed by atoms with Crippen LogP contribution >= 0.6 is 11.3 Å². The van der Waals surface area contributed by atoms with Crippen LogP contribution in [0.2, 0.25) is 0 Å². The van der Waals surface area contributed by atoms with Crippen LogP contribution in [-0.4, -0.2) is 38.4 Å². The van der Waals surface area contributed by atoms with Gasteiger partial charge in [0.05, 0.1) is 0 Å². The molecule has 2 heterocycles. The van der Waals surface area contributed by atoms with Gasteiger partial charge in [0.15, 0.2) is 0 Å². The summed E-state index contributed by atoms with van der Waals surface area (Å²) in [5.41, 5.74) is 6.69. The number of thiophene rings is 1. The molecule has 1 amide bonds. The number of hydrogen-bond donors (Lipinski definition) is 2. The Morgan fingerprint density at radius 3 is 2.85 bits per heavy atom. The number of carbonyl (C=O) groups excluding carboxylic acids is 1. The van der Waals surface area contributed by atoms with Crippen LogP contribution in [0, 0.1) is 5.92 Å². The molecular formula is C18H23N3O3S2. The number of amides is 1. The molecule has 2 aromatic rings.